The van der Waals surface area contributed by atoms with Crippen molar-refractivity contribution in [3.63, 3.8) is 0 Å². The molecule has 2 N–H and O–H groups in total. The number of benzene rings is 1. The number of nitrogens with one attached hydrogen (secondary N) is 2. The predicted molar refractivity (Wildman–Crippen MR) is 111 cm³/mol. The SMILES string of the molecule is CCCNC(=O)Cn1nc2c(c1NC(=O)C=Cc1ccc3c(c1)OCO3)CSC2. The first-order valence-electron chi connectivity index (χ1n) is 9.45. The highest BCUT2D eigenvalue weighted by atomic mass is 32.2. The Labute approximate surface area is 172 Å². The van der Waals surface area contributed by atoms with E-state index in [1.165, 1.54) is 6.08 Å². The monoisotopic (exact) mass is 414 g/mol. The van der Waals surface area contributed by atoms with Gasteiger partial charge in [-0.3, -0.25) is 9.59 Å². The van der Waals surface area contributed by atoms with Crippen LogP contribution in [0.15, 0.2) is 24.3 Å². The first kappa shape index (κ1) is 19.4. The molecule has 29 heavy (non-hydrogen) atoms. The van der Waals surface area contributed by atoms with Crippen LogP contribution in [0, 0.1) is 0 Å². The van der Waals surface area contributed by atoms with Gasteiger partial charge in [-0.15, -0.1) is 0 Å². The summed E-state index contributed by atoms with van der Waals surface area (Å²) >= 11 is 1.74. The lowest BCUT2D eigenvalue weighted by atomic mass is 10.2. The minimum atomic E-state index is -0.280. The molecule has 0 fully saturated rings. The molecular weight excluding hydrogens is 392 g/mol. The van der Waals surface area contributed by atoms with Gasteiger partial charge in [-0.2, -0.15) is 16.9 Å². The molecule has 1 aromatic carbocycles. The van der Waals surface area contributed by atoms with Crippen LogP contribution in [0.1, 0.15) is 30.2 Å². The fourth-order valence-electron chi connectivity index (χ4n) is 3.12. The molecule has 8 nitrogen and oxygen atoms in total. The summed E-state index contributed by atoms with van der Waals surface area (Å²) in [6, 6.07) is 5.49. The van der Waals surface area contributed by atoms with E-state index in [0.717, 1.165) is 34.7 Å². The summed E-state index contributed by atoms with van der Waals surface area (Å²) in [7, 11) is 0. The molecule has 1 aromatic heterocycles. The average Bonchev–Trinajstić information content (AvgIpc) is 3.42. The summed E-state index contributed by atoms with van der Waals surface area (Å²) in [5.74, 6) is 3.12. The Morgan fingerprint density at radius 3 is 3.00 bits per heavy atom. The maximum absolute atomic E-state index is 12.5. The van der Waals surface area contributed by atoms with E-state index in [-0.39, 0.29) is 25.2 Å². The standard InChI is InChI=1S/C20H22N4O4S/c1-2-7-21-19(26)9-24-20(14-10-29-11-15(14)23-24)22-18(25)6-4-13-3-5-16-17(8-13)28-12-27-16/h3-6,8H,2,7,9-12H2,1H3,(H,21,26)(H,22,25). The van der Waals surface area contributed by atoms with Gasteiger partial charge in [0.2, 0.25) is 18.6 Å². The van der Waals surface area contributed by atoms with Crippen LogP contribution in [0.5, 0.6) is 11.5 Å². The summed E-state index contributed by atoms with van der Waals surface area (Å²) in [6.07, 6.45) is 4.04. The van der Waals surface area contributed by atoms with E-state index >= 15 is 0 Å². The summed E-state index contributed by atoms with van der Waals surface area (Å²) in [6.45, 7) is 2.91. The lowest BCUT2D eigenvalue weighted by molar-refractivity contribution is -0.121. The van der Waals surface area contributed by atoms with Crippen molar-refractivity contribution in [1.29, 1.82) is 0 Å². The van der Waals surface area contributed by atoms with Crippen LogP contribution in [0.25, 0.3) is 6.08 Å². The third kappa shape index (κ3) is 4.40. The Morgan fingerprint density at radius 1 is 1.28 bits per heavy atom. The van der Waals surface area contributed by atoms with Gasteiger partial charge in [0, 0.05) is 29.7 Å². The van der Waals surface area contributed by atoms with Crippen LogP contribution >= 0.6 is 11.8 Å². The summed E-state index contributed by atoms with van der Waals surface area (Å²) in [5, 5.41) is 10.3. The number of aromatic nitrogens is 2. The van der Waals surface area contributed by atoms with Crippen molar-refractivity contribution < 1.29 is 19.1 Å². The van der Waals surface area contributed by atoms with Gasteiger partial charge in [-0.25, -0.2) is 4.68 Å². The van der Waals surface area contributed by atoms with Crippen molar-refractivity contribution in [3.8, 4) is 11.5 Å². The van der Waals surface area contributed by atoms with Crippen LogP contribution in [0.2, 0.25) is 0 Å². The van der Waals surface area contributed by atoms with Gasteiger partial charge in [0.25, 0.3) is 0 Å². The van der Waals surface area contributed by atoms with Crippen molar-refractivity contribution in [3.05, 3.63) is 41.1 Å². The fourth-order valence-corrected chi connectivity index (χ4v) is 4.16. The fraction of sp³-hybridized carbons (Fsp3) is 0.350. The predicted octanol–water partition coefficient (Wildman–Crippen LogP) is 2.54. The second-order valence-electron chi connectivity index (χ2n) is 6.71. The molecule has 0 bridgehead atoms. The molecule has 0 unspecified atom stereocenters. The van der Waals surface area contributed by atoms with E-state index < -0.39 is 0 Å². The minimum Gasteiger partial charge on any atom is -0.454 e. The molecule has 0 saturated carbocycles. The molecule has 3 heterocycles. The third-order valence-corrected chi connectivity index (χ3v) is 5.52. The number of nitrogens with zero attached hydrogens (tertiary/aromatic N) is 2. The zero-order chi connectivity index (χ0) is 20.2. The molecule has 2 aromatic rings. The van der Waals surface area contributed by atoms with E-state index in [0.29, 0.717) is 23.9 Å². The summed E-state index contributed by atoms with van der Waals surface area (Å²) < 4.78 is 12.2. The molecule has 4 rings (SSSR count). The highest BCUT2D eigenvalue weighted by molar-refractivity contribution is 7.98. The number of hydrogen-bond donors (Lipinski definition) is 2. The molecule has 152 valence electrons. The zero-order valence-electron chi connectivity index (χ0n) is 16.1. The zero-order valence-corrected chi connectivity index (χ0v) is 16.9. The van der Waals surface area contributed by atoms with E-state index in [1.54, 1.807) is 22.5 Å². The third-order valence-electron chi connectivity index (χ3n) is 4.55. The van der Waals surface area contributed by atoms with E-state index in [2.05, 4.69) is 15.7 Å². The number of fused-ring (bicyclic) bond motifs is 2. The summed E-state index contributed by atoms with van der Waals surface area (Å²) in [4.78, 5) is 24.6. The number of amides is 2. The van der Waals surface area contributed by atoms with Gasteiger partial charge in [0.05, 0.1) is 5.69 Å². The van der Waals surface area contributed by atoms with E-state index in [1.807, 2.05) is 25.1 Å². The van der Waals surface area contributed by atoms with Gasteiger partial charge in [0.1, 0.15) is 12.4 Å². The number of carbonyl (C=O) groups excluding carboxylic acids is 2. The van der Waals surface area contributed by atoms with Gasteiger partial charge >= 0.3 is 0 Å². The first-order chi connectivity index (χ1) is 14.1. The topological polar surface area (TPSA) is 94.5 Å². The molecule has 9 heteroatoms. The molecule has 0 saturated heterocycles. The van der Waals surface area contributed by atoms with E-state index in [4.69, 9.17) is 9.47 Å². The molecule has 2 amide bonds. The largest absolute Gasteiger partial charge is 0.454 e. The van der Waals surface area contributed by atoms with Crippen LogP contribution in [-0.4, -0.2) is 34.9 Å². The van der Waals surface area contributed by atoms with Crippen LogP contribution in [0.4, 0.5) is 5.82 Å². The Bertz CT molecular complexity index is 970. The number of hydrogen-bond acceptors (Lipinski definition) is 6. The smallest absolute Gasteiger partial charge is 0.249 e. The number of thioether (sulfide) groups is 1. The Balaban J connectivity index is 1.46. The van der Waals surface area contributed by atoms with Crippen LogP contribution < -0.4 is 20.1 Å². The first-order valence-corrected chi connectivity index (χ1v) is 10.6. The van der Waals surface area contributed by atoms with Crippen LogP contribution in [-0.2, 0) is 27.6 Å². The molecule has 0 radical (unpaired) electrons. The highest BCUT2D eigenvalue weighted by Crippen LogP contribution is 2.35. The second kappa shape index (κ2) is 8.60. The Hall–Kier alpha value is -2.94. The summed E-state index contributed by atoms with van der Waals surface area (Å²) in [5.41, 5.74) is 2.74. The van der Waals surface area contributed by atoms with Gasteiger partial charge < -0.3 is 20.1 Å². The molecule has 2 aliphatic heterocycles. The minimum absolute atomic E-state index is 0.0825. The maximum Gasteiger partial charge on any atom is 0.249 e. The van der Waals surface area contributed by atoms with Crippen molar-refractivity contribution in [1.82, 2.24) is 15.1 Å². The second-order valence-corrected chi connectivity index (χ2v) is 7.70. The van der Waals surface area contributed by atoms with Crippen molar-refractivity contribution in [2.45, 2.75) is 31.4 Å². The van der Waals surface area contributed by atoms with E-state index in [9.17, 15) is 9.59 Å². The van der Waals surface area contributed by atoms with Crippen LogP contribution in [0.3, 0.4) is 0 Å². The normalized spacial score (nSPS) is 14.2. The molecular formula is C20H22N4O4S. The number of ether oxygens (including phenoxy) is 2. The Morgan fingerprint density at radius 2 is 2.14 bits per heavy atom. The molecule has 0 aliphatic carbocycles. The Kier molecular flexibility index (Phi) is 5.75. The molecule has 0 atom stereocenters. The lowest BCUT2D eigenvalue weighted by Gasteiger charge is -2.10. The lowest BCUT2D eigenvalue weighted by Crippen LogP contribution is -2.29. The van der Waals surface area contributed by atoms with Crippen molar-refractivity contribution in [2.24, 2.45) is 0 Å². The highest BCUT2D eigenvalue weighted by Gasteiger charge is 2.24. The number of rotatable bonds is 7. The number of carbonyl (C=O) groups is 2. The maximum atomic E-state index is 12.5. The van der Waals surface area contributed by atoms with Crippen molar-refractivity contribution >= 4 is 35.5 Å². The van der Waals surface area contributed by atoms with Gasteiger partial charge in [-0.05, 0) is 30.2 Å². The van der Waals surface area contributed by atoms with Gasteiger partial charge in [0.15, 0.2) is 11.5 Å². The molecule has 0 spiro atoms. The number of anilines is 1. The van der Waals surface area contributed by atoms with Gasteiger partial charge in [-0.1, -0.05) is 13.0 Å². The average molecular weight is 414 g/mol. The molecule has 2 aliphatic rings. The quantitative estimate of drug-likeness (QED) is 0.676. The van der Waals surface area contributed by atoms with Crippen molar-refractivity contribution in [2.75, 3.05) is 18.7 Å².